The average Bonchev–Trinajstić information content (AvgIpc) is 3.23. The van der Waals surface area contributed by atoms with Gasteiger partial charge in [0.1, 0.15) is 22.9 Å². The van der Waals surface area contributed by atoms with Crippen LogP contribution in [0.5, 0.6) is 5.75 Å². The van der Waals surface area contributed by atoms with Gasteiger partial charge in [0.25, 0.3) is 0 Å². The first-order valence-electron chi connectivity index (χ1n) is 10.1. The molecular weight excluding hydrogens is 380 g/mol. The maximum atomic E-state index is 12.6. The van der Waals surface area contributed by atoms with E-state index in [1.165, 1.54) is 40.2 Å². The van der Waals surface area contributed by atoms with Crippen LogP contribution in [0.15, 0.2) is 65.6 Å². The van der Waals surface area contributed by atoms with Crippen molar-refractivity contribution in [2.24, 2.45) is 0 Å². The first-order chi connectivity index (χ1) is 13.9. The van der Waals surface area contributed by atoms with Crippen molar-refractivity contribution in [3.63, 3.8) is 0 Å². The number of hydrogen-bond acceptors (Lipinski definition) is 3. The van der Waals surface area contributed by atoms with Crippen molar-refractivity contribution in [3.05, 3.63) is 71.8 Å². The summed E-state index contributed by atoms with van der Waals surface area (Å²) in [5.74, 6) is 3.07. The Hall–Kier alpha value is -2.46. The first-order valence-corrected chi connectivity index (χ1v) is 11.7. The molecule has 0 saturated carbocycles. The highest BCUT2D eigenvalue weighted by Gasteiger charge is 2.30. The molecule has 4 rings (SSSR count). The smallest absolute Gasteiger partial charge is 0.423 e. The number of fused-ring (bicyclic) bond motifs is 1. The van der Waals surface area contributed by atoms with Crippen LogP contribution in [0.3, 0.4) is 0 Å². The summed E-state index contributed by atoms with van der Waals surface area (Å²) in [7, 11) is 0.299. The van der Waals surface area contributed by atoms with Crippen molar-refractivity contribution in [1.29, 1.82) is 0 Å². The third-order valence-corrected chi connectivity index (χ3v) is 8.01. The number of aryl methyl sites for hydroxylation is 1. The Kier molecular flexibility index (Phi) is 5.55. The van der Waals surface area contributed by atoms with Crippen LogP contribution in [0, 0.1) is 6.92 Å². The van der Waals surface area contributed by atoms with E-state index < -0.39 is 11.8 Å². The summed E-state index contributed by atoms with van der Waals surface area (Å²) in [4.78, 5) is 14.0. The summed E-state index contributed by atoms with van der Waals surface area (Å²) < 4.78 is 11.4. The van der Waals surface area contributed by atoms with E-state index >= 15 is 0 Å². The lowest BCUT2D eigenvalue weighted by Crippen LogP contribution is -2.27. The molecule has 150 valence electrons. The van der Waals surface area contributed by atoms with Crippen molar-refractivity contribution < 1.29 is 14.3 Å². The number of rotatable bonds is 4. The first kappa shape index (κ1) is 19.8. The molecule has 1 heterocycles. The molecule has 1 aliphatic rings. The van der Waals surface area contributed by atoms with Crippen LogP contribution >= 0.6 is 0 Å². The Balaban J connectivity index is 1.57. The number of benzene rings is 3. The topological polar surface area (TPSA) is 35.5 Å². The molecular formula is C25H27O3S+. The standard InChI is InChI=1S/C25H27O3S/c1-18-10-12-19(13-11-18)25(2,3)28-24(26)27-22-14-15-23(29-16-6-7-17-29)21-9-5-4-8-20(21)22/h4-5,8-15H,6-7,16-17H2,1-3H3/q+1. The van der Waals surface area contributed by atoms with Crippen molar-refractivity contribution >= 4 is 27.8 Å². The van der Waals surface area contributed by atoms with Gasteiger partial charge in [-0.3, -0.25) is 0 Å². The van der Waals surface area contributed by atoms with Gasteiger partial charge in [0.2, 0.25) is 0 Å². The number of carbonyl (C=O) groups is 1. The van der Waals surface area contributed by atoms with Gasteiger partial charge in [-0.05, 0) is 57.4 Å². The molecule has 0 amide bonds. The third-order valence-electron chi connectivity index (χ3n) is 5.47. The maximum Gasteiger partial charge on any atom is 0.514 e. The van der Waals surface area contributed by atoms with Crippen LogP contribution in [0.2, 0.25) is 0 Å². The zero-order chi connectivity index (χ0) is 20.4. The van der Waals surface area contributed by atoms with E-state index in [9.17, 15) is 4.79 Å². The minimum atomic E-state index is -0.772. The minimum absolute atomic E-state index is 0.299. The zero-order valence-corrected chi connectivity index (χ0v) is 18.1. The van der Waals surface area contributed by atoms with E-state index in [0.717, 1.165) is 10.9 Å². The van der Waals surface area contributed by atoms with Crippen LogP contribution in [0.4, 0.5) is 4.79 Å². The number of hydrogen-bond donors (Lipinski definition) is 0. The van der Waals surface area contributed by atoms with Gasteiger partial charge in [-0.2, -0.15) is 0 Å². The van der Waals surface area contributed by atoms with Gasteiger partial charge < -0.3 is 9.47 Å². The van der Waals surface area contributed by atoms with Crippen LogP contribution in [-0.4, -0.2) is 17.7 Å². The van der Waals surface area contributed by atoms with Gasteiger partial charge in [0.05, 0.1) is 0 Å². The van der Waals surface area contributed by atoms with Crippen LogP contribution in [0.1, 0.15) is 37.8 Å². The predicted octanol–water partition coefficient (Wildman–Crippen LogP) is 6.37. The van der Waals surface area contributed by atoms with Gasteiger partial charge >= 0.3 is 6.16 Å². The molecule has 29 heavy (non-hydrogen) atoms. The molecule has 3 aromatic carbocycles. The fourth-order valence-corrected chi connectivity index (χ4v) is 6.29. The molecule has 1 saturated heterocycles. The second kappa shape index (κ2) is 8.11. The Morgan fingerprint density at radius 1 is 0.897 bits per heavy atom. The fraction of sp³-hybridized carbons (Fsp3) is 0.320. The molecule has 1 aliphatic heterocycles. The molecule has 3 aromatic rings. The molecule has 0 bridgehead atoms. The van der Waals surface area contributed by atoms with E-state index in [2.05, 4.69) is 12.1 Å². The maximum absolute atomic E-state index is 12.6. The Morgan fingerprint density at radius 3 is 2.24 bits per heavy atom. The van der Waals surface area contributed by atoms with Crippen molar-refractivity contribution in [2.75, 3.05) is 11.5 Å². The highest BCUT2D eigenvalue weighted by Crippen LogP contribution is 2.35. The van der Waals surface area contributed by atoms with Gasteiger partial charge in [-0.25, -0.2) is 4.79 Å². The Labute approximate surface area is 175 Å². The van der Waals surface area contributed by atoms with Gasteiger partial charge in [0, 0.05) is 21.7 Å². The quantitative estimate of drug-likeness (QED) is 0.286. The molecule has 0 aliphatic carbocycles. The summed E-state index contributed by atoms with van der Waals surface area (Å²) in [6.07, 6.45) is 1.92. The Morgan fingerprint density at radius 2 is 1.55 bits per heavy atom. The van der Waals surface area contributed by atoms with Crippen molar-refractivity contribution in [3.8, 4) is 5.75 Å². The third kappa shape index (κ3) is 4.27. The number of carbonyl (C=O) groups excluding carboxylic acids is 1. The lowest BCUT2D eigenvalue weighted by molar-refractivity contribution is 0.00663. The molecule has 0 unspecified atom stereocenters. The molecule has 3 nitrogen and oxygen atoms in total. The zero-order valence-electron chi connectivity index (χ0n) is 17.2. The summed E-state index contributed by atoms with van der Waals surface area (Å²) >= 11 is 0. The minimum Gasteiger partial charge on any atom is -0.423 e. The van der Waals surface area contributed by atoms with Gasteiger partial charge in [0.15, 0.2) is 4.90 Å². The van der Waals surface area contributed by atoms with E-state index in [1.807, 2.05) is 69.3 Å². The molecule has 0 radical (unpaired) electrons. The van der Waals surface area contributed by atoms with Crippen LogP contribution < -0.4 is 4.74 Å². The molecule has 0 aromatic heterocycles. The van der Waals surface area contributed by atoms with Crippen LogP contribution in [0.25, 0.3) is 10.8 Å². The molecule has 4 heteroatoms. The molecule has 1 fully saturated rings. The van der Waals surface area contributed by atoms with E-state index in [-0.39, 0.29) is 0 Å². The summed E-state index contributed by atoms with van der Waals surface area (Å²) in [6.45, 7) is 5.79. The Bertz CT molecular complexity index is 1020. The highest BCUT2D eigenvalue weighted by molar-refractivity contribution is 7.97. The van der Waals surface area contributed by atoms with E-state index in [1.54, 1.807) is 0 Å². The largest absolute Gasteiger partial charge is 0.514 e. The van der Waals surface area contributed by atoms with Gasteiger partial charge in [-0.1, -0.05) is 48.0 Å². The molecule has 0 atom stereocenters. The fourth-order valence-electron chi connectivity index (χ4n) is 3.79. The highest BCUT2D eigenvalue weighted by atomic mass is 32.2. The summed E-state index contributed by atoms with van der Waals surface area (Å²) in [6, 6.07) is 20.2. The van der Waals surface area contributed by atoms with E-state index in [4.69, 9.17) is 9.47 Å². The van der Waals surface area contributed by atoms with Crippen LogP contribution in [-0.2, 0) is 21.2 Å². The summed E-state index contributed by atoms with van der Waals surface area (Å²) in [5, 5.41) is 2.15. The number of ether oxygens (including phenoxy) is 2. The lowest BCUT2D eigenvalue weighted by atomic mass is 9.97. The molecule has 0 spiro atoms. The lowest BCUT2D eigenvalue weighted by Gasteiger charge is -2.25. The second-order valence-electron chi connectivity index (χ2n) is 8.05. The predicted molar refractivity (Wildman–Crippen MR) is 120 cm³/mol. The van der Waals surface area contributed by atoms with E-state index in [0.29, 0.717) is 16.6 Å². The average molecular weight is 408 g/mol. The van der Waals surface area contributed by atoms with Gasteiger partial charge in [-0.15, -0.1) is 0 Å². The summed E-state index contributed by atoms with van der Waals surface area (Å²) in [5.41, 5.74) is 1.33. The van der Waals surface area contributed by atoms with Crippen molar-refractivity contribution in [2.45, 2.75) is 44.1 Å². The second-order valence-corrected chi connectivity index (χ2v) is 10.3. The normalized spacial score (nSPS) is 14.9. The molecule has 0 N–H and O–H groups in total. The van der Waals surface area contributed by atoms with Crippen molar-refractivity contribution in [1.82, 2.24) is 0 Å². The SMILES string of the molecule is Cc1ccc(C(C)(C)OC(=O)Oc2ccc([S+]3CCCC3)c3ccccc23)cc1. The monoisotopic (exact) mass is 407 g/mol.